The van der Waals surface area contributed by atoms with Gasteiger partial charge in [-0.2, -0.15) is 0 Å². The first-order chi connectivity index (χ1) is 10.7. The van der Waals surface area contributed by atoms with Crippen molar-refractivity contribution < 1.29 is 14.3 Å². The molecule has 1 heterocycles. The Morgan fingerprint density at radius 2 is 2.23 bits per heavy atom. The molecule has 0 spiro atoms. The summed E-state index contributed by atoms with van der Waals surface area (Å²) in [5.41, 5.74) is 2.66. The molecule has 0 bridgehead atoms. The molecule has 0 saturated carbocycles. The summed E-state index contributed by atoms with van der Waals surface area (Å²) in [6, 6.07) is 6.17. The third-order valence-corrected chi connectivity index (χ3v) is 4.55. The number of rotatable bonds is 5. The Labute approximate surface area is 132 Å². The highest BCUT2D eigenvalue weighted by Gasteiger charge is 2.21. The number of aryl methyl sites for hydroxylation is 1. The van der Waals surface area contributed by atoms with Crippen molar-refractivity contribution in [2.75, 3.05) is 13.2 Å². The zero-order valence-electron chi connectivity index (χ0n) is 13.3. The van der Waals surface area contributed by atoms with Gasteiger partial charge in [-0.1, -0.05) is 12.1 Å². The van der Waals surface area contributed by atoms with E-state index in [0.29, 0.717) is 6.54 Å². The van der Waals surface area contributed by atoms with E-state index in [2.05, 4.69) is 11.4 Å². The molecular weight excluding hydrogens is 278 g/mol. The molecule has 2 aliphatic rings. The van der Waals surface area contributed by atoms with Gasteiger partial charge < -0.3 is 14.8 Å². The van der Waals surface area contributed by atoms with Crippen molar-refractivity contribution >= 4 is 5.91 Å². The van der Waals surface area contributed by atoms with Gasteiger partial charge in [-0.15, -0.1) is 0 Å². The molecule has 4 nitrogen and oxygen atoms in total. The van der Waals surface area contributed by atoms with Crippen LogP contribution >= 0.6 is 0 Å². The Kier molecular flexibility index (Phi) is 4.98. The summed E-state index contributed by atoms with van der Waals surface area (Å²) in [6.07, 6.45) is 6.42. The fourth-order valence-electron chi connectivity index (χ4n) is 3.26. The summed E-state index contributed by atoms with van der Waals surface area (Å²) in [6.45, 7) is 3.20. The fraction of sp³-hybridized carbons (Fsp3) is 0.611. The number of hydrogen-bond acceptors (Lipinski definition) is 3. The average Bonchev–Trinajstić information content (AvgIpc) is 3.06. The zero-order valence-corrected chi connectivity index (χ0v) is 13.3. The molecule has 120 valence electrons. The molecule has 0 aromatic heterocycles. The van der Waals surface area contributed by atoms with Crippen molar-refractivity contribution in [2.24, 2.45) is 0 Å². The second-order valence-corrected chi connectivity index (χ2v) is 6.24. The Hall–Kier alpha value is -1.55. The first-order valence-electron chi connectivity index (χ1n) is 8.41. The quantitative estimate of drug-likeness (QED) is 0.909. The van der Waals surface area contributed by atoms with Gasteiger partial charge in [0.05, 0.1) is 6.10 Å². The van der Waals surface area contributed by atoms with E-state index in [1.165, 1.54) is 24.0 Å². The molecule has 2 atom stereocenters. The highest BCUT2D eigenvalue weighted by molar-refractivity contribution is 5.80. The van der Waals surface area contributed by atoms with Crippen molar-refractivity contribution in [1.82, 2.24) is 5.32 Å². The van der Waals surface area contributed by atoms with Crippen LogP contribution in [-0.2, 0) is 22.4 Å². The molecule has 1 N–H and O–H groups in total. The van der Waals surface area contributed by atoms with Gasteiger partial charge in [0.1, 0.15) is 5.75 Å². The minimum Gasteiger partial charge on any atom is -0.481 e. The maximum atomic E-state index is 12.2. The summed E-state index contributed by atoms with van der Waals surface area (Å²) in [4.78, 5) is 12.2. The normalized spacial score (nSPS) is 22.0. The highest BCUT2D eigenvalue weighted by atomic mass is 16.5. The molecule has 22 heavy (non-hydrogen) atoms. The summed E-state index contributed by atoms with van der Waals surface area (Å²) in [5, 5.41) is 2.94. The number of carbonyl (C=O) groups is 1. The molecule has 1 aromatic rings. The molecule has 4 heteroatoms. The van der Waals surface area contributed by atoms with Gasteiger partial charge in [0.2, 0.25) is 0 Å². The monoisotopic (exact) mass is 303 g/mol. The molecule has 0 radical (unpaired) electrons. The summed E-state index contributed by atoms with van der Waals surface area (Å²) < 4.78 is 11.5. The third kappa shape index (κ3) is 3.61. The number of hydrogen-bond donors (Lipinski definition) is 1. The van der Waals surface area contributed by atoms with Gasteiger partial charge in [0, 0.05) is 13.2 Å². The maximum Gasteiger partial charge on any atom is 0.260 e. The van der Waals surface area contributed by atoms with E-state index < -0.39 is 6.10 Å². The standard InChI is InChI=1S/C18H25NO3/c1-13(18(20)19-12-15-8-5-11-21-15)22-17-10-4-7-14-6-2-3-9-16(14)17/h4,7,10,13,15H,2-3,5-6,8-9,11-12H2,1H3,(H,19,20)/t13-,15+/m0/s1. The molecule has 1 saturated heterocycles. The minimum atomic E-state index is -0.477. The minimum absolute atomic E-state index is 0.0658. The van der Waals surface area contributed by atoms with Crippen LogP contribution in [-0.4, -0.2) is 31.3 Å². The number of benzene rings is 1. The predicted octanol–water partition coefficient (Wildman–Crippen LogP) is 2.63. The van der Waals surface area contributed by atoms with Crippen LogP contribution in [0.3, 0.4) is 0 Å². The summed E-state index contributed by atoms with van der Waals surface area (Å²) in [5.74, 6) is 0.806. The zero-order chi connectivity index (χ0) is 15.4. The van der Waals surface area contributed by atoms with Crippen LogP contribution in [0.4, 0.5) is 0 Å². The van der Waals surface area contributed by atoms with Gasteiger partial charge in [0.25, 0.3) is 5.91 Å². The lowest BCUT2D eigenvalue weighted by Crippen LogP contribution is -2.40. The van der Waals surface area contributed by atoms with E-state index in [0.717, 1.165) is 38.0 Å². The summed E-state index contributed by atoms with van der Waals surface area (Å²) in [7, 11) is 0. The van der Waals surface area contributed by atoms with E-state index in [1.807, 2.05) is 19.1 Å². The summed E-state index contributed by atoms with van der Waals surface area (Å²) >= 11 is 0. The predicted molar refractivity (Wildman–Crippen MR) is 85.2 cm³/mol. The lowest BCUT2D eigenvalue weighted by Gasteiger charge is -2.22. The maximum absolute atomic E-state index is 12.2. The molecular formula is C18H25NO3. The van der Waals surface area contributed by atoms with E-state index >= 15 is 0 Å². The van der Waals surface area contributed by atoms with Crippen LogP contribution < -0.4 is 10.1 Å². The van der Waals surface area contributed by atoms with E-state index in [-0.39, 0.29) is 12.0 Å². The Morgan fingerprint density at radius 3 is 3.05 bits per heavy atom. The molecule has 0 unspecified atom stereocenters. The topological polar surface area (TPSA) is 47.6 Å². The second kappa shape index (κ2) is 7.14. The first kappa shape index (κ1) is 15.3. The van der Waals surface area contributed by atoms with Crippen LogP contribution in [0.25, 0.3) is 0 Å². The van der Waals surface area contributed by atoms with Gasteiger partial charge in [-0.3, -0.25) is 4.79 Å². The lowest BCUT2D eigenvalue weighted by atomic mass is 9.91. The average molecular weight is 303 g/mol. The Morgan fingerprint density at radius 1 is 1.36 bits per heavy atom. The van der Waals surface area contributed by atoms with Crippen molar-refractivity contribution in [2.45, 2.75) is 57.7 Å². The van der Waals surface area contributed by atoms with Crippen LogP contribution in [0.15, 0.2) is 18.2 Å². The van der Waals surface area contributed by atoms with Crippen molar-refractivity contribution in [3.8, 4) is 5.75 Å². The van der Waals surface area contributed by atoms with Crippen molar-refractivity contribution in [3.05, 3.63) is 29.3 Å². The number of amides is 1. The van der Waals surface area contributed by atoms with Crippen LogP contribution in [0.5, 0.6) is 5.75 Å². The van der Waals surface area contributed by atoms with Gasteiger partial charge in [-0.25, -0.2) is 0 Å². The van der Waals surface area contributed by atoms with Gasteiger partial charge in [0.15, 0.2) is 6.10 Å². The van der Waals surface area contributed by atoms with Crippen LogP contribution in [0.1, 0.15) is 43.7 Å². The van der Waals surface area contributed by atoms with E-state index in [4.69, 9.17) is 9.47 Å². The number of fused-ring (bicyclic) bond motifs is 1. The second-order valence-electron chi connectivity index (χ2n) is 6.24. The SMILES string of the molecule is C[C@H](Oc1cccc2c1CCCC2)C(=O)NC[C@H]1CCCO1. The third-order valence-electron chi connectivity index (χ3n) is 4.55. The molecule has 1 aromatic carbocycles. The number of nitrogens with one attached hydrogen (secondary N) is 1. The lowest BCUT2D eigenvalue weighted by molar-refractivity contribution is -0.127. The van der Waals surface area contributed by atoms with Crippen molar-refractivity contribution in [1.29, 1.82) is 0 Å². The van der Waals surface area contributed by atoms with Crippen LogP contribution in [0.2, 0.25) is 0 Å². The van der Waals surface area contributed by atoms with Gasteiger partial charge in [-0.05, 0) is 62.6 Å². The number of ether oxygens (including phenoxy) is 2. The smallest absolute Gasteiger partial charge is 0.260 e. The highest BCUT2D eigenvalue weighted by Crippen LogP contribution is 2.30. The Balaban J connectivity index is 1.56. The molecule has 1 amide bonds. The van der Waals surface area contributed by atoms with E-state index in [9.17, 15) is 4.79 Å². The number of carbonyl (C=O) groups excluding carboxylic acids is 1. The molecule has 1 aliphatic heterocycles. The molecule has 3 rings (SSSR count). The fourth-order valence-corrected chi connectivity index (χ4v) is 3.26. The largest absolute Gasteiger partial charge is 0.481 e. The van der Waals surface area contributed by atoms with Gasteiger partial charge >= 0.3 is 0 Å². The van der Waals surface area contributed by atoms with Crippen LogP contribution in [0, 0.1) is 0 Å². The first-order valence-corrected chi connectivity index (χ1v) is 8.41. The molecule has 1 aliphatic carbocycles. The van der Waals surface area contributed by atoms with E-state index in [1.54, 1.807) is 0 Å². The van der Waals surface area contributed by atoms with Crippen molar-refractivity contribution in [3.63, 3.8) is 0 Å². The molecule has 1 fully saturated rings. The Bertz CT molecular complexity index is 523.